The lowest BCUT2D eigenvalue weighted by Gasteiger charge is -2.31. The molecule has 0 aliphatic carbocycles. The largest absolute Gasteiger partial charge is 0.490 e. The van der Waals surface area contributed by atoms with Crippen LogP contribution in [0.15, 0.2) is 42.5 Å². The van der Waals surface area contributed by atoms with E-state index in [0.717, 1.165) is 17.8 Å². The molecule has 39 heavy (non-hydrogen) atoms. The van der Waals surface area contributed by atoms with Crippen molar-refractivity contribution in [3.8, 4) is 28.0 Å². The number of nitrogens with one attached hydrogen (secondary N) is 2. The number of carbonyl (C=O) groups is 1. The van der Waals surface area contributed by atoms with Crippen LogP contribution in [-0.2, 0) is 15.7 Å². The maximum atomic E-state index is 13.7. The van der Waals surface area contributed by atoms with Crippen molar-refractivity contribution in [1.82, 2.24) is 0 Å². The van der Waals surface area contributed by atoms with Gasteiger partial charge in [-0.05, 0) is 86.7 Å². The number of halogens is 3. The van der Waals surface area contributed by atoms with Crippen molar-refractivity contribution in [3.05, 3.63) is 64.7 Å². The average molecular weight is 543 g/mol. The zero-order chi connectivity index (χ0) is 28.7. The average Bonchev–Trinajstić information content (AvgIpc) is 2.86. The van der Waals surface area contributed by atoms with Gasteiger partial charge in [-0.3, -0.25) is 0 Å². The highest BCUT2D eigenvalue weighted by Crippen LogP contribution is 2.48. The minimum Gasteiger partial charge on any atom is -0.490 e. The smallest absolute Gasteiger partial charge is 0.416 e. The number of carboxylic acids is 1. The van der Waals surface area contributed by atoms with Gasteiger partial charge in [-0.25, -0.2) is 4.79 Å². The Morgan fingerprint density at radius 2 is 1.74 bits per heavy atom. The third-order valence-electron chi connectivity index (χ3n) is 6.68. The van der Waals surface area contributed by atoms with E-state index >= 15 is 0 Å². The van der Waals surface area contributed by atoms with E-state index in [0.29, 0.717) is 63.5 Å². The van der Waals surface area contributed by atoms with Crippen LogP contribution in [-0.4, -0.2) is 36.9 Å². The van der Waals surface area contributed by atoms with Crippen LogP contribution in [0.5, 0.6) is 5.75 Å². The molecule has 3 N–H and O–H groups in total. The highest BCUT2D eigenvalue weighted by atomic mass is 19.4. The normalized spacial score (nSPS) is 14.2. The van der Waals surface area contributed by atoms with E-state index in [1.54, 1.807) is 47.7 Å². The van der Waals surface area contributed by atoms with Gasteiger partial charge in [0.05, 0.1) is 16.9 Å². The first-order valence-electron chi connectivity index (χ1n) is 12.7. The van der Waals surface area contributed by atoms with E-state index in [1.807, 2.05) is 18.2 Å². The molecule has 4 rings (SSSR count). The Labute approximate surface area is 226 Å². The molecule has 208 valence electrons. The molecule has 3 aromatic rings. The van der Waals surface area contributed by atoms with Crippen LogP contribution < -0.4 is 15.4 Å². The van der Waals surface area contributed by atoms with E-state index in [4.69, 9.17) is 9.47 Å². The third-order valence-corrected chi connectivity index (χ3v) is 6.68. The molecule has 0 aromatic heterocycles. The van der Waals surface area contributed by atoms with Crippen molar-refractivity contribution in [2.24, 2.45) is 0 Å². The standard InChI is InChI=1S/C30H33F3N2O4/c1-16-23(19-10-11-22-21(15-19)35-12-13-38-22)25(27(28(36)37)39-29(3,4)5)17(2)26(34-6)24(16)18-8-7-9-20(14-18)30(31,32)33/h7-11,14-15,27,34-35H,12-13H2,1-6H3,(H,36,37). The maximum Gasteiger partial charge on any atom is 0.416 e. The number of hydrogen-bond acceptors (Lipinski definition) is 5. The summed E-state index contributed by atoms with van der Waals surface area (Å²) < 4.78 is 52.8. The highest BCUT2D eigenvalue weighted by Gasteiger charge is 2.35. The first-order valence-corrected chi connectivity index (χ1v) is 12.7. The molecule has 1 aliphatic heterocycles. The van der Waals surface area contributed by atoms with Crippen LogP contribution in [0.2, 0.25) is 0 Å². The van der Waals surface area contributed by atoms with Gasteiger partial charge in [0.25, 0.3) is 0 Å². The van der Waals surface area contributed by atoms with Crippen LogP contribution in [0.3, 0.4) is 0 Å². The summed E-state index contributed by atoms with van der Waals surface area (Å²) in [7, 11) is 1.67. The summed E-state index contributed by atoms with van der Waals surface area (Å²) in [5.74, 6) is -0.492. The molecule has 0 bridgehead atoms. The van der Waals surface area contributed by atoms with Crippen molar-refractivity contribution in [2.45, 2.75) is 52.5 Å². The van der Waals surface area contributed by atoms with Crippen molar-refractivity contribution in [3.63, 3.8) is 0 Å². The van der Waals surface area contributed by atoms with Gasteiger partial charge in [0.1, 0.15) is 12.4 Å². The molecule has 1 aliphatic rings. The Bertz CT molecular complexity index is 1410. The Morgan fingerprint density at radius 3 is 2.36 bits per heavy atom. The predicted octanol–water partition coefficient (Wildman–Crippen LogP) is 7.44. The Morgan fingerprint density at radius 1 is 1.05 bits per heavy atom. The molecule has 0 spiro atoms. The molecule has 3 aromatic carbocycles. The van der Waals surface area contributed by atoms with Crippen LogP contribution >= 0.6 is 0 Å². The van der Waals surface area contributed by atoms with Gasteiger partial charge in [-0.2, -0.15) is 13.2 Å². The molecular weight excluding hydrogens is 509 g/mol. The number of anilines is 2. The topological polar surface area (TPSA) is 79.8 Å². The summed E-state index contributed by atoms with van der Waals surface area (Å²) in [5, 5.41) is 16.8. The Hall–Kier alpha value is -3.72. The Balaban J connectivity index is 2.10. The first kappa shape index (κ1) is 28.3. The van der Waals surface area contributed by atoms with Crippen molar-refractivity contribution in [1.29, 1.82) is 0 Å². The highest BCUT2D eigenvalue weighted by molar-refractivity contribution is 5.94. The number of rotatable bonds is 6. The van der Waals surface area contributed by atoms with Crippen molar-refractivity contribution in [2.75, 3.05) is 30.8 Å². The van der Waals surface area contributed by atoms with Gasteiger partial charge in [-0.15, -0.1) is 0 Å². The lowest BCUT2D eigenvalue weighted by molar-refractivity contribution is -0.160. The van der Waals surface area contributed by atoms with E-state index < -0.39 is 29.4 Å². The zero-order valence-electron chi connectivity index (χ0n) is 22.8. The summed E-state index contributed by atoms with van der Waals surface area (Å²) in [6.45, 7) is 10.0. The summed E-state index contributed by atoms with van der Waals surface area (Å²) in [5.41, 5.74) is 3.58. The number of carboxylic acid groups (broad SMARTS) is 1. The SMILES string of the molecule is CNc1c(C)c(C(OC(C)(C)C)C(=O)O)c(-c2ccc3c(c2)NCCO3)c(C)c1-c1cccc(C(F)(F)F)c1. The number of alkyl halides is 3. The third kappa shape index (κ3) is 5.68. The van der Waals surface area contributed by atoms with E-state index in [1.165, 1.54) is 6.07 Å². The summed E-state index contributed by atoms with van der Waals surface area (Å²) in [6.07, 6.45) is -5.85. The minimum absolute atomic E-state index is 0.366. The second-order valence-electron chi connectivity index (χ2n) is 10.6. The van der Waals surface area contributed by atoms with E-state index in [2.05, 4.69) is 10.6 Å². The van der Waals surface area contributed by atoms with Gasteiger partial charge < -0.3 is 25.2 Å². The number of benzene rings is 3. The molecule has 0 radical (unpaired) electrons. The predicted molar refractivity (Wildman–Crippen MR) is 147 cm³/mol. The zero-order valence-corrected chi connectivity index (χ0v) is 22.8. The fourth-order valence-electron chi connectivity index (χ4n) is 5.13. The van der Waals surface area contributed by atoms with Crippen LogP contribution in [0.25, 0.3) is 22.3 Å². The quantitative estimate of drug-likeness (QED) is 0.300. The van der Waals surface area contributed by atoms with Crippen LogP contribution in [0, 0.1) is 13.8 Å². The molecule has 1 atom stereocenters. The van der Waals surface area contributed by atoms with E-state index in [-0.39, 0.29) is 0 Å². The molecule has 1 unspecified atom stereocenters. The van der Waals surface area contributed by atoms with Crippen LogP contribution in [0.4, 0.5) is 24.5 Å². The minimum atomic E-state index is -4.51. The molecule has 6 nitrogen and oxygen atoms in total. The van der Waals surface area contributed by atoms with Crippen molar-refractivity contribution >= 4 is 17.3 Å². The molecule has 0 saturated heterocycles. The monoisotopic (exact) mass is 542 g/mol. The molecule has 0 fully saturated rings. The summed E-state index contributed by atoms with van der Waals surface area (Å²) in [4.78, 5) is 12.7. The molecule has 0 amide bonds. The number of ether oxygens (including phenoxy) is 2. The molecule has 0 saturated carbocycles. The van der Waals surface area contributed by atoms with Gasteiger partial charge in [0.15, 0.2) is 6.10 Å². The molecule has 1 heterocycles. The van der Waals surface area contributed by atoms with Gasteiger partial charge in [0.2, 0.25) is 0 Å². The second kappa shape index (κ2) is 10.4. The summed E-state index contributed by atoms with van der Waals surface area (Å²) >= 11 is 0. The van der Waals surface area contributed by atoms with Gasteiger partial charge >= 0.3 is 12.1 Å². The van der Waals surface area contributed by atoms with Crippen molar-refractivity contribution < 1.29 is 32.5 Å². The molecular formula is C30H33F3N2O4. The fourth-order valence-corrected chi connectivity index (χ4v) is 5.13. The Kier molecular flexibility index (Phi) is 7.58. The van der Waals surface area contributed by atoms with Gasteiger partial charge in [-0.1, -0.05) is 18.2 Å². The lowest BCUT2D eigenvalue weighted by atomic mass is 9.82. The number of fused-ring (bicyclic) bond motifs is 1. The lowest BCUT2D eigenvalue weighted by Crippen LogP contribution is -2.28. The molecule has 9 heteroatoms. The second-order valence-corrected chi connectivity index (χ2v) is 10.6. The maximum absolute atomic E-state index is 13.7. The van der Waals surface area contributed by atoms with E-state index in [9.17, 15) is 23.1 Å². The number of aliphatic carboxylic acids is 1. The van der Waals surface area contributed by atoms with Crippen LogP contribution in [0.1, 0.15) is 49.1 Å². The summed E-state index contributed by atoms with van der Waals surface area (Å²) in [6, 6.07) is 10.7. The number of hydrogen-bond donors (Lipinski definition) is 3. The first-order chi connectivity index (χ1) is 18.2. The van der Waals surface area contributed by atoms with Gasteiger partial charge in [0, 0.05) is 30.4 Å². The fraction of sp³-hybridized carbons (Fsp3) is 0.367.